The molecule has 1 aromatic heterocycles. The van der Waals surface area contributed by atoms with Gasteiger partial charge < -0.3 is 15.3 Å². The Bertz CT molecular complexity index is 363. The van der Waals surface area contributed by atoms with Gasteiger partial charge >= 0.3 is 0 Å². The minimum absolute atomic E-state index is 0.0385. The average Bonchev–Trinajstić information content (AvgIpc) is 3.07. The Morgan fingerprint density at radius 3 is 2.81 bits per heavy atom. The van der Waals surface area contributed by atoms with Gasteiger partial charge in [-0.2, -0.15) is 0 Å². The van der Waals surface area contributed by atoms with Crippen molar-refractivity contribution in [3.05, 3.63) is 18.0 Å². The maximum absolute atomic E-state index is 9.17. The molecular formula is C11H18N4O. The van der Waals surface area contributed by atoms with E-state index in [4.69, 9.17) is 0 Å². The molecule has 1 fully saturated rings. The van der Waals surface area contributed by atoms with Crippen LogP contribution in [-0.4, -0.2) is 41.3 Å². The van der Waals surface area contributed by atoms with Gasteiger partial charge in [0.25, 0.3) is 0 Å². The number of aromatic nitrogens is 2. The molecule has 1 aromatic rings. The molecule has 2 rings (SSSR count). The standard InChI is InChI=1S/C11H18N4O/c1-15(2)10-12-6-3-9(14-10)7-13-11(8-16)4-5-11/h3,6,13,16H,4-5,7-8H2,1-2H3. The minimum atomic E-state index is -0.0385. The molecule has 1 aliphatic carbocycles. The number of rotatable bonds is 5. The highest BCUT2D eigenvalue weighted by Crippen LogP contribution is 2.34. The third kappa shape index (κ3) is 2.48. The van der Waals surface area contributed by atoms with Crippen LogP contribution in [0.4, 0.5) is 5.95 Å². The molecule has 5 heteroatoms. The highest BCUT2D eigenvalue weighted by atomic mass is 16.3. The summed E-state index contributed by atoms with van der Waals surface area (Å²) in [5.41, 5.74) is 0.918. The van der Waals surface area contributed by atoms with Crippen molar-refractivity contribution in [1.82, 2.24) is 15.3 Å². The summed E-state index contributed by atoms with van der Waals surface area (Å²) in [5.74, 6) is 0.716. The molecule has 0 radical (unpaired) electrons. The van der Waals surface area contributed by atoms with Gasteiger partial charge in [0.1, 0.15) is 0 Å². The highest BCUT2D eigenvalue weighted by Gasteiger charge is 2.41. The fourth-order valence-corrected chi connectivity index (χ4v) is 1.52. The van der Waals surface area contributed by atoms with E-state index in [1.54, 1.807) is 6.20 Å². The third-order valence-electron chi connectivity index (χ3n) is 2.90. The molecule has 0 atom stereocenters. The van der Waals surface area contributed by atoms with E-state index in [9.17, 15) is 5.11 Å². The number of aliphatic hydroxyl groups is 1. The summed E-state index contributed by atoms with van der Waals surface area (Å²) in [6.07, 6.45) is 3.86. The van der Waals surface area contributed by atoms with Crippen molar-refractivity contribution in [3.8, 4) is 0 Å². The maximum atomic E-state index is 9.17. The summed E-state index contributed by atoms with van der Waals surface area (Å²) in [6.45, 7) is 0.891. The van der Waals surface area contributed by atoms with Crippen LogP contribution in [0.1, 0.15) is 18.5 Å². The Kier molecular flexibility index (Phi) is 3.07. The van der Waals surface area contributed by atoms with Gasteiger partial charge in [0.2, 0.25) is 5.95 Å². The number of hydrogen-bond donors (Lipinski definition) is 2. The second-order valence-corrected chi connectivity index (χ2v) is 4.53. The fraction of sp³-hybridized carbons (Fsp3) is 0.636. The van der Waals surface area contributed by atoms with Crippen molar-refractivity contribution in [3.63, 3.8) is 0 Å². The van der Waals surface area contributed by atoms with Crippen molar-refractivity contribution in [2.45, 2.75) is 24.9 Å². The Morgan fingerprint density at radius 1 is 1.50 bits per heavy atom. The summed E-state index contributed by atoms with van der Waals surface area (Å²) < 4.78 is 0. The number of nitrogens with one attached hydrogen (secondary N) is 1. The lowest BCUT2D eigenvalue weighted by Crippen LogP contribution is -2.34. The minimum Gasteiger partial charge on any atom is -0.394 e. The van der Waals surface area contributed by atoms with Crippen molar-refractivity contribution in [1.29, 1.82) is 0 Å². The van der Waals surface area contributed by atoms with Crippen LogP contribution in [0.5, 0.6) is 0 Å². The van der Waals surface area contributed by atoms with E-state index in [0.29, 0.717) is 12.5 Å². The van der Waals surface area contributed by atoms with Crippen LogP contribution in [0, 0.1) is 0 Å². The second-order valence-electron chi connectivity index (χ2n) is 4.53. The zero-order valence-corrected chi connectivity index (χ0v) is 9.77. The molecule has 0 unspecified atom stereocenters. The first-order chi connectivity index (χ1) is 7.65. The van der Waals surface area contributed by atoms with E-state index in [2.05, 4.69) is 15.3 Å². The third-order valence-corrected chi connectivity index (χ3v) is 2.90. The molecule has 16 heavy (non-hydrogen) atoms. The van der Waals surface area contributed by atoms with Crippen LogP contribution in [0.3, 0.4) is 0 Å². The molecule has 0 saturated heterocycles. The van der Waals surface area contributed by atoms with Gasteiger partial charge in [0, 0.05) is 32.4 Å². The van der Waals surface area contributed by atoms with Gasteiger partial charge in [0.15, 0.2) is 0 Å². The van der Waals surface area contributed by atoms with Crippen LogP contribution < -0.4 is 10.2 Å². The number of hydrogen-bond acceptors (Lipinski definition) is 5. The van der Waals surface area contributed by atoms with Crippen molar-refractivity contribution in [2.75, 3.05) is 25.6 Å². The largest absolute Gasteiger partial charge is 0.394 e. The Hall–Kier alpha value is -1.20. The lowest BCUT2D eigenvalue weighted by molar-refractivity contribution is 0.229. The summed E-state index contributed by atoms with van der Waals surface area (Å²) in [5, 5.41) is 12.5. The summed E-state index contributed by atoms with van der Waals surface area (Å²) in [6, 6.07) is 1.90. The lowest BCUT2D eigenvalue weighted by atomic mass is 10.3. The quantitative estimate of drug-likeness (QED) is 0.743. The van der Waals surface area contributed by atoms with Crippen molar-refractivity contribution in [2.24, 2.45) is 0 Å². The Balaban J connectivity index is 1.96. The lowest BCUT2D eigenvalue weighted by Gasteiger charge is -2.15. The molecule has 1 saturated carbocycles. The van der Waals surface area contributed by atoms with E-state index in [1.807, 2.05) is 25.1 Å². The SMILES string of the molecule is CN(C)c1nccc(CNC2(CO)CC2)n1. The summed E-state index contributed by atoms with van der Waals surface area (Å²) >= 11 is 0. The number of nitrogens with zero attached hydrogens (tertiary/aromatic N) is 3. The average molecular weight is 222 g/mol. The Morgan fingerprint density at radius 2 is 2.25 bits per heavy atom. The highest BCUT2D eigenvalue weighted by molar-refractivity contribution is 5.27. The molecule has 0 aliphatic heterocycles. The predicted molar refractivity (Wildman–Crippen MR) is 62.2 cm³/mol. The fourth-order valence-electron chi connectivity index (χ4n) is 1.52. The van der Waals surface area contributed by atoms with Crippen LogP contribution >= 0.6 is 0 Å². The normalized spacial score (nSPS) is 17.2. The zero-order chi connectivity index (χ0) is 11.6. The molecule has 2 N–H and O–H groups in total. The van der Waals surface area contributed by atoms with E-state index >= 15 is 0 Å². The van der Waals surface area contributed by atoms with Gasteiger partial charge in [0.05, 0.1) is 12.3 Å². The molecule has 0 bridgehead atoms. The first kappa shape index (κ1) is 11.3. The Labute approximate surface area is 95.5 Å². The van der Waals surface area contributed by atoms with Crippen LogP contribution in [0.2, 0.25) is 0 Å². The van der Waals surface area contributed by atoms with Crippen LogP contribution in [0.25, 0.3) is 0 Å². The summed E-state index contributed by atoms with van der Waals surface area (Å²) in [4.78, 5) is 10.4. The summed E-state index contributed by atoms with van der Waals surface area (Å²) in [7, 11) is 3.84. The molecule has 0 aromatic carbocycles. The molecular weight excluding hydrogens is 204 g/mol. The zero-order valence-electron chi connectivity index (χ0n) is 9.77. The monoisotopic (exact) mass is 222 g/mol. The molecule has 0 spiro atoms. The first-order valence-corrected chi connectivity index (χ1v) is 5.50. The molecule has 1 heterocycles. The smallest absolute Gasteiger partial charge is 0.225 e. The number of aliphatic hydroxyl groups excluding tert-OH is 1. The number of anilines is 1. The predicted octanol–water partition coefficient (Wildman–Crippen LogP) is 0.157. The molecule has 88 valence electrons. The van der Waals surface area contributed by atoms with E-state index in [-0.39, 0.29) is 12.1 Å². The van der Waals surface area contributed by atoms with E-state index < -0.39 is 0 Å². The maximum Gasteiger partial charge on any atom is 0.225 e. The van der Waals surface area contributed by atoms with E-state index in [1.165, 1.54) is 0 Å². The van der Waals surface area contributed by atoms with Gasteiger partial charge in [-0.15, -0.1) is 0 Å². The molecule has 1 aliphatic rings. The van der Waals surface area contributed by atoms with Gasteiger partial charge in [-0.25, -0.2) is 9.97 Å². The van der Waals surface area contributed by atoms with Crippen LogP contribution in [0.15, 0.2) is 12.3 Å². The van der Waals surface area contributed by atoms with Gasteiger partial charge in [-0.05, 0) is 18.9 Å². The topological polar surface area (TPSA) is 61.3 Å². The van der Waals surface area contributed by atoms with Crippen molar-refractivity contribution < 1.29 is 5.11 Å². The first-order valence-electron chi connectivity index (χ1n) is 5.50. The van der Waals surface area contributed by atoms with Gasteiger partial charge in [-0.3, -0.25) is 0 Å². The van der Waals surface area contributed by atoms with E-state index in [0.717, 1.165) is 18.5 Å². The van der Waals surface area contributed by atoms with Crippen LogP contribution in [-0.2, 0) is 6.54 Å². The van der Waals surface area contributed by atoms with Crippen molar-refractivity contribution >= 4 is 5.95 Å². The molecule has 0 amide bonds. The van der Waals surface area contributed by atoms with Gasteiger partial charge in [-0.1, -0.05) is 0 Å². The second kappa shape index (κ2) is 4.35. The molecule has 5 nitrogen and oxygen atoms in total.